The summed E-state index contributed by atoms with van der Waals surface area (Å²) in [5.74, 6) is 0.854. The normalized spacial score (nSPS) is 16.7. The van der Waals surface area contributed by atoms with Crippen molar-refractivity contribution in [1.29, 1.82) is 0 Å². The first-order valence-electron chi connectivity index (χ1n) is 10.6. The summed E-state index contributed by atoms with van der Waals surface area (Å²) >= 11 is 1.49. The van der Waals surface area contributed by atoms with Gasteiger partial charge in [0.25, 0.3) is 0 Å². The van der Waals surface area contributed by atoms with E-state index in [1.54, 1.807) is 18.5 Å². The number of pyridine rings is 1. The SMILES string of the molecule is CCN(CC)C1CCN(CC(=O)Nc2cc(-c3nccs3)nc(-c3ccccn3)n2)C1. The van der Waals surface area contributed by atoms with Crippen molar-refractivity contribution in [2.45, 2.75) is 26.3 Å². The molecular weight excluding hydrogens is 410 g/mol. The summed E-state index contributed by atoms with van der Waals surface area (Å²) in [6.45, 7) is 8.66. The number of amides is 1. The third-order valence-electron chi connectivity index (χ3n) is 5.48. The molecule has 4 rings (SSSR count). The van der Waals surface area contributed by atoms with Crippen LogP contribution in [0.3, 0.4) is 0 Å². The highest BCUT2D eigenvalue weighted by Gasteiger charge is 2.27. The fourth-order valence-corrected chi connectivity index (χ4v) is 4.56. The molecular formula is C22H27N7OS. The van der Waals surface area contributed by atoms with E-state index in [2.05, 4.69) is 48.9 Å². The molecule has 1 atom stereocenters. The van der Waals surface area contributed by atoms with E-state index in [0.717, 1.165) is 37.6 Å². The molecule has 162 valence electrons. The molecule has 0 radical (unpaired) electrons. The lowest BCUT2D eigenvalue weighted by molar-refractivity contribution is -0.117. The topological polar surface area (TPSA) is 87.1 Å². The molecule has 1 unspecified atom stereocenters. The summed E-state index contributed by atoms with van der Waals surface area (Å²) in [5.41, 5.74) is 1.32. The first kappa shape index (κ1) is 21.5. The van der Waals surface area contributed by atoms with Crippen LogP contribution >= 0.6 is 11.3 Å². The highest BCUT2D eigenvalue weighted by Crippen LogP contribution is 2.25. The number of anilines is 1. The number of nitrogens with zero attached hydrogens (tertiary/aromatic N) is 6. The molecule has 0 bridgehead atoms. The summed E-state index contributed by atoms with van der Waals surface area (Å²) in [5, 5.41) is 5.63. The molecule has 3 aromatic heterocycles. The Hall–Kier alpha value is -2.75. The van der Waals surface area contributed by atoms with Gasteiger partial charge in [0.15, 0.2) is 5.82 Å². The molecule has 1 aliphatic rings. The number of carbonyl (C=O) groups excluding carboxylic acids is 1. The molecule has 0 saturated carbocycles. The number of rotatable bonds is 8. The van der Waals surface area contributed by atoms with Gasteiger partial charge in [0.05, 0.1) is 6.54 Å². The van der Waals surface area contributed by atoms with Crippen LogP contribution in [0.5, 0.6) is 0 Å². The van der Waals surface area contributed by atoms with E-state index in [0.29, 0.717) is 35.6 Å². The zero-order valence-electron chi connectivity index (χ0n) is 17.9. The van der Waals surface area contributed by atoms with E-state index in [9.17, 15) is 4.79 Å². The van der Waals surface area contributed by atoms with Gasteiger partial charge >= 0.3 is 0 Å². The predicted molar refractivity (Wildman–Crippen MR) is 123 cm³/mol. The van der Waals surface area contributed by atoms with Gasteiger partial charge in [-0.3, -0.25) is 19.6 Å². The van der Waals surface area contributed by atoms with E-state index >= 15 is 0 Å². The summed E-state index contributed by atoms with van der Waals surface area (Å²) in [6.07, 6.45) is 4.54. The summed E-state index contributed by atoms with van der Waals surface area (Å²) in [4.78, 5) is 35.3. The van der Waals surface area contributed by atoms with Gasteiger partial charge in [0, 0.05) is 43.0 Å². The first-order valence-corrected chi connectivity index (χ1v) is 11.5. The maximum Gasteiger partial charge on any atom is 0.239 e. The fourth-order valence-electron chi connectivity index (χ4n) is 3.96. The van der Waals surface area contributed by atoms with Gasteiger partial charge in [-0.2, -0.15) is 0 Å². The number of likely N-dealkylation sites (N-methyl/N-ethyl adjacent to an activating group) is 1. The number of carbonyl (C=O) groups is 1. The smallest absolute Gasteiger partial charge is 0.239 e. The van der Waals surface area contributed by atoms with E-state index in [1.165, 1.54) is 11.3 Å². The molecule has 0 aliphatic carbocycles. The maximum atomic E-state index is 12.8. The van der Waals surface area contributed by atoms with Crippen molar-refractivity contribution in [3.05, 3.63) is 42.0 Å². The van der Waals surface area contributed by atoms with Crippen molar-refractivity contribution in [1.82, 2.24) is 29.7 Å². The molecule has 1 fully saturated rings. The molecule has 1 amide bonds. The predicted octanol–water partition coefficient (Wildman–Crippen LogP) is 3.02. The summed E-state index contributed by atoms with van der Waals surface area (Å²) < 4.78 is 0. The third-order valence-corrected chi connectivity index (χ3v) is 6.28. The van der Waals surface area contributed by atoms with Gasteiger partial charge in [0.1, 0.15) is 22.2 Å². The van der Waals surface area contributed by atoms with Crippen LogP contribution in [-0.2, 0) is 4.79 Å². The van der Waals surface area contributed by atoms with Gasteiger partial charge in [-0.1, -0.05) is 19.9 Å². The highest BCUT2D eigenvalue weighted by atomic mass is 32.1. The Kier molecular flexibility index (Phi) is 6.96. The molecule has 1 N–H and O–H groups in total. The average molecular weight is 438 g/mol. The summed E-state index contributed by atoms with van der Waals surface area (Å²) in [7, 11) is 0. The van der Waals surface area contributed by atoms with Gasteiger partial charge in [-0.25, -0.2) is 15.0 Å². The first-order chi connectivity index (χ1) is 15.2. The Morgan fingerprint density at radius 2 is 2.06 bits per heavy atom. The maximum absolute atomic E-state index is 12.8. The van der Waals surface area contributed by atoms with Gasteiger partial charge in [-0.05, 0) is 31.6 Å². The van der Waals surface area contributed by atoms with Gasteiger partial charge < -0.3 is 5.32 Å². The second-order valence-corrected chi connectivity index (χ2v) is 8.36. The third kappa shape index (κ3) is 5.30. The molecule has 3 aromatic rings. The molecule has 0 spiro atoms. The van der Waals surface area contributed by atoms with Crippen LogP contribution in [0.25, 0.3) is 22.2 Å². The lowest BCUT2D eigenvalue weighted by Crippen LogP contribution is -2.39. The van der Waals surface area contributed by atoms with Crippen LogP contribution in [-0.4, -0.2) is 74.4 Å². The number of likely N-dealkylation sites (tertiary alicyclic amines) is 1. The minimum Gasteiger partial charge on any atom is -0.309 e. The summed E-state index contributed by atoms with van der Waals surface area (Å²) in [6, 6.07) is 7.88. The number of hydrogen-bond donors (Lipinski definition) is 1. The monoisotopic (exact) mass is 437 g/mol. The van der Waals surface area contributed by atoms with Crippen molar-refractivity contribution in [2.24, 2.45) is 0 Å². The van der Waals surface area contributed by atoms with Crippen molar-refractivity contribution in [2.75, 3.05) is 38.0 Å². The zero-order chi connectivity index (χ0) is 21.6. The Morgan fingerprint density at radius 1 is 1.19 bits per heavy atom. The van der Waals surface area contributed by atoms with Crippen molar-refractivity contribution in [3.63, 3.8) is 0 Å². The second kappa shape index (κ2) is 10.0. The quantitative estimate of drug-likeness (QED) is 0.580. The van der Waals surface area contributed by atoms with Crippen LogP contribution in [0.1, 0.15) is 20.3 Å². The van der Waals surface area contributed by atoms with Crippen molar-refractivity contribution in [3.8, 4) is 22.2 Å². The van der Waals surface area contributed by atoms with E-state index in [4.69, 9.17) is 0 Å². The Bertz CT molecular complexity index is 992. The Labute approximate surface area is 186 Å². The van der Waals surface area contributed by atoms with Crippen LogP contribution in [0.2, 0.25) is 0 Å². The van der Waals surface area contributed by atoms with Crippen LogP contribution in [0.4, 0.5) is 5.82 Å². The molecule has 1 saturated heterocycles. The lowest BCUT2D eigenvalue weighted by atomic mass is 10.2. The zero-order valence-corrected chi connectivity index (χ0v) is 18.7. The molecule has 1 aliphatic heterocycles. The largest absolute Gasteiger partial charge is 0.309 e. The van der Waals surface area contributed by atoms with Crippen molar-refractivity contribution >= 4 is 23.1 Å². The number of aromatic nitrogens is 4. The average Bonchev–Trinajstić information content (AvgIpc) is 3.48. The van der Waals surface area contributed by atoms with Crippen LogP contribution in [0.15, 0.2) is 42.0 Å². The Balaban J connectivity index is 1.49. The Morgan fingerprint density at radius 3 is 2.77 bits per heavy atom. The second-order valence-electron chi connectivity index (χ2n) is 7.46. The minimum atomic E-state index is -0.0732. The number of thiazole rings is 1. The van der Waals surface area contributed by atoms with Crippen molar-refractivity contribution < 1.29 is 4.79 Å². The number of hydrogen-bond acceptors (Lipinski definition) is 8. The van der Waals surface area contributed by atoms with Gasteiger partial charge in [-0.15, -0.1) is 11.3 Å². The molecule has 9 heteroatoms. The van der Waals surface area contributed by atoms with Crippen LogP contribution in [0, 0.1) is 0 Å². The standard InChI is InChI=1S/C22H27N7OS/c1-3-29(4-2)16-8-11-28(14-16)15-20(30)26-19-13-18(22-24-10-12-31-22)25-21(27-19)17-7-5-6-9-23-17/h5-7,9-10,12-13,16H,3-4,8,11,14-15H2,1-2H3,(H,25,26,27,30). The molecule has 8 nitrogen and oxygen atoms in total. The van der Waals surface area contributed by atoms with E-state index in [-0.39, 0.29) is 5.91 Å². The minimum absolute atomic E-state index is 0.0732. The fraction of sp³-hybridized carbons (Fsp3) is 0.409. The highest BCUT2D eigenvalue weighted by molar-refractivity contribution is 7.13. The molecule has 4 heterocycles. The van der Waals surface area contributed by atoms with E-state index < -0.39 is 0 Å². The van der Waals surface area contributed by atoms with E-state index in [1.807, 2.05) is 23.6 Å². The molecule has 0 aromatic carbocycles. The molecule has 31 heavy (non-hydrogen) atoms. The van der Waals surface area contributed by atoms with Gasteiger partial charge in [0.2, 0.25) is 5.91 Å². The van der Waals surface area contributed by atoms with Crippen LogP contribution < -0.4 is 5.32 Å². The lowest BCUT2D eigenvalue weighted by Gasteiger charge is -2.26. The number of nitrogens with one attached hydrogen (secondary N) is 1.